The molecule has 0 aliphatic heterocycles. The first-order chi connectivity index (χ1) is 16.2. The maximum atomic E-state index is 13.8. The highest BCUT2D eigenvalue weighted by atomic mass is 35.5. The van der Waals surface area contributed by atoms with Crippen molar-refractivity contribution in [3.8, 4) is 27.5 Å². The maximum Gasteiger partial charge on any atom is 0.418 e. The van der Waals surface area contributed by atoms with Gasteiger partial charge in [-0.25, -0.2) is 4.98 Å². The molecule has 34 heavy (non-hydrogen) atoms. The zero-order valence-corrected chi connectivity index (χ0v) is 19.1. The third-order valence-corrected chi connectivity index (χ3v) is 6.87. The molecule has 4 aromatic rings. The fourth-order valence-electron chi connectivity index (χ4n) is 4.16. The first-order valence-electron chi connectivity index (χ1n) is 10.4. The molecule has 2 heterocycles. The van der Waals surface area contributed by atoms with Gasteiger partial charge in [-0.1, -0.05) is 35.9 Å². The van der Waals surface area contributed by atoms with Crippen molar-refractivity contribution in [2.24, 2.45) is 0 Å². The second-order valence-electron chi connectivity index (χ2n) is 7.90. The Hall–Kier alpha value is -3.23. The topological polar surface area (TPSA) is 52.0 Å². The van der Waals surface area contributed by atoms with E-state index in [0.717, 1.165) is 16.2 Å². The Labute approximate surface area is 201 Å². The summed E-state index contributed by atoms with van der Waals surface area (Å²) in [5.41, 5.74) is 0.180. The molecule has 0 spiro atoms. The van der Waals surface area contributed by atoms with Crippen molar-refractivity contribution >= 4 is 28.7 Å². The Balaban J connectivity index is 1.75. The van der Waals surface area contributed by atoms with Crippen LogP contribution in [0, 0.1) is 0 Å². The third-order valence-electron chi connectivity index (χ3n) is 5.75. The molecule has 0 bridgehead atoms. The van der Waals surface area contributed by atoms with E-state index in [9.17, 15) is 22.8 Å². The first kappa shape index (κ1) is 22.6. The minimum Gasteiger partial charge on any atom is -0.294 e. The largest absolute Gasteiger partial charge is 0.418 e. The number of hydrogen-bond donors (Lipinski definition) is 0. The Bertz CT molecular complexity index is 1470. The average Bonchev–Trinajstić information content (AvgIpc) is 3.29. The summed E-state index contributed by atoms with van der Waals surface area (Å²) >= 11 is 7.14. The van der Waals surface area contributed by atoms with Crippen LogP contribution in [0.2, 0.25) is 5.02 Å². The fourth-order valence-corrected chi connectivity index (χ4v) is 5.12. The standard InChI is InChI=1S/C25H16ClF3N2O2S/c26-15-10-8-14(9-11-15)19-13-34-23(30-19)17-12-16-20(6-3-7-22(16)32)31(24(17)33)21-5-2-1-4-18(21)25(27,28)29/h1-2,4-5,8-13H,3,6-7H2. The van der Waals surface area contributed by atoms with Crippen LogP contribution in [0.5, 0.6) is 0 Å². The number of ketones is 1. The van der Waals surface area contributed by atoms with E-state index in [1.54, 1.807) is 29.6 Å². The monoisotopic (exact) mass is 500 g/mol. The number of benzene rings is 2. The van der Waals surface area contributed by atoms with E-state index < -0.39 is 17.3 Å². The van der Waals surface area contributed by atoms with Gasteiger partial charge >= 0.3 is 6.18 Å². The molecule has 2 aromatic carbocycles. The second-order valence-corrected chi connectivity index (χ2v) is 9.19. The van der Waals surface area contributed by atoms with Gasteiger partial charge in [0.05, 0.1) is 22.5 Å². The lowest BCUT2D eigenvalue weighted by atomic mass is 9.92. The van der Waals surface area contributed by atoms with E-state index in [0.29, 0.717) is 34.3 Å². The molecule has 4 nitrogen and oxygen atoms in total. The Morgan fingerprint density at radius 1 is 0.971 bits per heavy atom. The first-order valence-corrected chi connectivity index (χ1v) is 11.7. The van der Waals surface area contributed by atoms with Crippen LogP contribution in [0.4, 0.5) is 13.2 Å². The number of rotatable bonds is 3. The van der Waals surface area contributed by atoms with E-state index >= 15 is 0 Å². The van der Waals surface area contributed by atoms with Crippen LogP contribution in [0.1, 0.15) is 34.5 Å². The zero-order valence-electron chi connectivity index (χ0n) is 17.5. The fraction of sp³-hybridized carbons (Fsp3) is 0.160. The van der Waals surface area contributed by atoms with Crippen LogP contribution in [0.25, 0.3) is 27.5 Å². The van der Waals surface area contributed by atoms with Crippen molar-refractivity contribution < 1.29 is 18.0 Å². The lowest BCUT2D eigenvalue weighted by Crippen LogP contribution is -2.30. The summed E-state index contributed by atoms with van der Waals surface area (Å²) in [5, 5.41) is 2.65. The number of para-hydroxylation sites is 1. The number of fused-ring (bicyclic) bond motifs is 1. The zero-order chi connectivity index (χ0) is 24.0. The molecule has 5 rings (SSSR count). The summed E-state index contributed by atoms with van der Waals surface area (Å²) in [7, 11) is 0. The van der Waals surface area contributed by atoms with E-state index in [-0.39, 0.29) is 29.0 Å². The van der Waals surface area contributed by atoms with Gasteiger partial charge in [-0.3, -0.25) is 14.2 Å². The summed E-state index contributed by atoms with van der Waals surface area (Å²) in [6.45, 7) is 0. The number of carbonyl (C=O) groups excluding carboxylic acids is 1. The highest BCUT2D eigenvalue weighted by Crippen LogP contribution is 2.36. The van der Waals surface area contributed by atoms with Crippen molar-refractivity contribution in [1.29, 1.82) is 0 Å². The lowest BCUT2D eigenvalue weighted by molar-refractivity contribution is -0.137. The molecule has 0 unspecified atom stereocenters. The minimum atomic E-state index is -4.67. The molecular weight excluding hydrogens is 485 g/mol. The summed E-state index contributed by atoms with van der Waals surface area (Å²) in [6.07, 6.45) is -3.59. The van der Waals surface area contributed by atoms with Gasteiger partial charge in [0.15, 0.2) is 5.78 Å². The van der Waals surface area contributed by atoms with E-state index in [1.807, 2.05) is 0 Å². The van der Waals surface area contributed by atoms with Crippen LogP contribution in [0.15, 0.2) is 64.8 Å². The number of pyridine rings is 1. The Morgan fingerprint density at radius 3 is 2.44 bits per heavy atom. The van der Waals surface area contributed by atoms with Gasteiger partial charge in [-0.2, -0.15) is 13.2 Å². The van der Waals surface area contributed by atoms with Gasteiger partial charge in [-0.15, -0.1) is 11.3 Å². The molecule has 0 N–H and O–H groups in total. The SMILES string of the molecule is O=C1CCCc2c1cc(-c1nc(-c3ccc(Cl)cc3)cs1)c(=O)n2-c1ccccc1C(F)(F)F. The molecule has 172 valence electrons. The van der Waals surface area contributed by atoms with Gasteiger partial charge in [-0.05, 0) is 43.2 Å². The smallest absolute Gasteiger partial charge is 0.294 e. The van der Waals surface area contributed by atoms with E-state index in [2.05, 4.69) is 4.98 Å². The molecular formula is C25H16ClF3N2O2S. The van der Waals surface area contributed by atoms with Crippen LogP contribution < -0.4 is 5.56 Å². The number of nitrogens with zero attached hydrogens (tertiary/aromatic N) is 2. The van der Waals surface area contributed by atoms with Gasteiger partial charge in [0.1, 0.15) is 5.01 Å². The molecule has 0 saturated heterocycles. The van der Waals surface area contributed by atoms with Crippen molar-refractivity contribution in [3.63, 3.8) is 0 Å². The molecule has 0 amide bonds. The number of Topliss-reactive ketones (excluding diaryl/α,β-unsaturated/α-hetero) is 1. The highest BCUT2D eigenvalue weighted by molar-refractivity contribution is 7.13. The van der Waals surface area contributed by atoms with Crippen LogP contribution >= 0.6 is 22.9 Å². The van der Waals surface area contributed by atoms with Crippen molar-refractivity contribution in [1.82, 2.24) is 9.55 Å². The molecule has 0 atom stereocenters. The van der Waals surface area contributed by atoms with Crippen molar-refractivity contribution in [2.45, 2.75) is 25.4 Å². The second kappa shape index (κ2) is 8.52. The van der Waals surface area contributed by atoms with Crippen LogP contribution in [-0.4, -0.2) is 15.3 Å². The molecule has 1 aliphatic rings. The number of aromatic nitrogens is 2. The van der Waals surface area contributed by atoms with Crippen LogP contribution in [0.3, 0.4) is 0 Å². The Morgan fingerprint density at radius 2 is 1.71 bits per heavy atom. The number of halogens is 4. The van der Waals surface area contributed by atoms with Gasteiger partial charge in [0, 0.05) is 33.6 Å². The number of hydrogen-bond acceptors (Lipinski definition) is 4. The minimum absolute atomic E-state index is 0.0937. The normalized spacial score (nSPS) is 13.7. The number of alkyl halides is 3. The average molecular weight is 501 g/mol. The predicted molar refractivity (Wildman–Crippen MR) is 126 cm³/mol. The third kappa shape index (κ3) is 3.97. The number of carbonyl (C=O) groups is 1. The van der Waals surface area contributed by atoms with Crippen molar-refractivity contribution in [2.75, 3.05) is 0 Å². The predicted octanol–water partition coefficient (Wildman–Crippen LogP) is 6.82. The summed E-state index contributed by atoms with van der Waals surface area (Å²) in [5.74, 6) is -0.199. The number of thiazole rings is 1. The quantitative estimate of drug-likeness (QED) is 0.310. The summed E-state index contributed by atoms with van der Waals surface area (Å²) in [6, 6.07) is 13.4. The highest BCUT2D eigenvalue weighted by Gasteiger charge is 2.35. The molecule has 9 heteroatoms. The summed E-state index contributed by atoms with van der Waals surface area (Å²) < 4.78 is 42.5. The Kier molecular flexibility index (Phi) is 5.65. The summed E-state index contributed by atoms with van der Waals surface area (Å²) in [4.78, 5) is 30.9. The van der Waals surface area contributed by atoms with Gasteiger partial charge in [0.25, 0.3) is 5.56 Å². The molecule has 0 saturated carbocycles. The van der Waals surface area contributed by atoms with E-state index in [1.165, 1.54) is 35.6 Å². The van der Waals surface area contributed by atoms with Gasteiger partial charge < -0.3 is 0 Å². The van der Waals surface area contributed by atoms with Gasteiger partial charge in [0.2, 0.25) is 0 Å². The molecule has 1 aliphatic carbocycles. The van der Waals surface area contributed by atoms with Crippen LogP contribution in [-0.2, 0) is 12.6 Å². The molecule has 0 fully saturated rings. The molecule has 0 radical (unpaired) electrons. The van der Waals surface area contributed by atoms with Crippen molar-refractivity contribution in [3.05, 3.63) is 92.2 Å². The van der Waals surface area contributed by atoms with E-state index in [4.69, 9.17) is 11.6 Å². The lowest BCUT2D eigenvalue weighted by Gasteiger charge is -2.23. The molecule has 2 aromatic heterocycles. The maximum absolute atomic E-state index is 13.8.